The van der Waals surface area contributed by atoms with E-state index < -0.39 is 0 Å². The van der Waals surface area contributed by atoms with Gasteiger partial charge in [-0.15, -0.1) is 11.6 Å². The Morgan fingerprint density at radius 2 is 2.20 bits per heavy atom. The minimum atomic E-state index is 0.152. The van der Waals surface area contributed by atoms with Gasteiger partial charge in [-0.25, -0.2) is 0 Å². The van der Waals surface area contributed by atoms with Gasteiger partial charge < -0.3 is 9.64 Å². The van der Waals surface area contributed by atoms with Crippen molar-refractivity contribution in [3.63, 3.8) is 0 Å². The molecule has 0 saturated carbocycles. The summed E-state index contributed by atoms with van der Waals surface area (Å²) in [7, 11) is 0. The maximum absolute atomic E-state index is 12.6. The highest BCUT2D eigenvalue weighted by molar-refractivity contribution is 6.17. The molecule has 3 nitrogen and oxygen atoms in total. The molecule has 1 saturated heterocycles. The maximum atomic E-state index is 12.6. The predicted molar refractivity (Wildman–Crippen MR) is 78.9 cm³/mol. The molecule has 1 amide bonds. The van der Waals surface area contributed by atoms with Crippen molar-refractivity contribution in [1.82, 2.24) is 4.90 Å². The number of hydrogen-bond donors (Lipinski definition) is 0. The van der Waals surface area contributed by atoms with Crippen molar-refractivity contribution in [1.29, 1.82) is 0 Å². The topological polar surface area (TPSA) is 29.5 Å². The van der Waals surface area contributed by atoms with Gasteiger partial charge in [-0.3, -0.25) is 4.79 Å². The summed E-state index contributed by atoms with van der Waals surface area (Å²) in [5.74, 6) is 1.39. The second-order valence-electron chi connectivity index (χ2n) is 5.71. The number of piperidine rings is 1. The van der Waals surface area contributed by atoms with Crippen molar-refractivity contribution in [2.24, 2.45) is 5.92 Å². The van der Waals surface area contributed by atoms with Gasteiger partial charge in [-0.1, -0.05) is 6.07 Å². The van der Waals surface area contributed by atoms with E-state index in [1.54, 1.807) is 0 Å². The van der Waals surface area contributed by atoms with Gasteiger partial charge in [0, 0.05) is 24.5 Å². The quantitative estimate of drug-likeness (QED) is 0.801. The number of benzene rings is 1. The molecular weight excluding hydrogens is 274 g/mol. The van der Waals surface area contributed by atoms with E-state index in [1.807, 2.05) is 23.1 Å². The molecule has 0 spiro atoms. The first-order chi connectivity index (χ1) is 9.78. The van der Waals surface area contributed by atoms with Crippen LogP contribution in [-0.4, -0.2) is 29.8 Å². The van der Waals surface area contributed by atoms with Crippen LogP contribution in [0.4, 0.5) is 0 Å². The Kier molecular flexibility index (Phi) is 4.27. The number of carbonyl (C=O) groups excluding carboxylic acids is 1. The largest absolute Gasteiger partial charge is 0.372 e. The third-order valence-corrected chi connectivity index (χ3v) is 4.51. The Labute approximate surface area is 124 Å². The van der Waals surface area contributed by atoms with Gasteiger partial charge in [-0.05, 0) is 48.4 Å². The first-order valence-electron chi connectivity index (χ1n) is 7.32. The molecular formula is C16H20ClNO2. The lowest BCUT2D eigenvalue weighted by Crippen LogP contribution is -2.40. The van der Waals surface area contributed by atoms with E-state index in [4.69, 9.17) is 16.3 Å². The van der Waals surface area contributed by atoms with Crippen LogP contribution in [0.15, 0.2) is 18.2 Å². The van der Waals surface area contributed by atoms with Crippen LogP contribution in [0, 0.1) is 5.92 Å². The number of fused-ring (bicyclic) bond motifs is 1. The summed E-state index contributed by atoms with van der Waals surface area (Å²) >= 11 is 5.83. The van der Waals surface area contributed by atoms with Crippen molar-refractivity contribution in [3.05, 3.63) is 34.9 Å². The average molecular weight is 294 g/mol. The van der Waals surface area contributed by atoms with Gasteiger partial charge in [-0.2, -0.15) is 0 Å². The van der Waals surface area contributed by atoms with Gasteiger partial charge in [0.15, 0.2) is 0 Å². The summed E-state index contributed by atoms with van der Waals surface area (Å²) in [4.78, 5) is 14.6. The SMILES string of the molecule is O=C(c1ccc2c(c1)COC2)N1CCCC(CCCl)C1. The predicted octanol–water partition coefficient (Wildman–Crippen LogP) is 3.20. The lowest BCUT2D eigenvalue weighted by molar-refractivity contribution is 0.0671. The zero-order chi connectivity index (χ0) is 13.9. The number of alkyl halides is 1. The number of amides is 1. The van der Waals surface area contributed by atoms with Crippen molar-refractivity contribution in [3.8, 4) is 0 Å². The van der Waals surface area contributed by atoms with Gasteiger partial charge in [0.25, 0.3) is 5.91 Å². The Bertz CT molecular complexity index is 501. The van der Waals surface area contributed by atoms with Gasteiger partial charge in [0.1, 0.15) is 0 Å². The average Bonchev–Trinajstić information content (AvgIpc) is 2.94. The zero-order valence-electron chi connectivity index (χ0n) is 11.6. The highest BCUT2D eigenvalue weighted by Gasteiger charge is 2.25. The first kappa shape index (κ1) is 13.9. The summed E-state index contributed by atoms with van der Waals surface area (Å²) in [5, 5.41) is 0. The molecule has 0 aromatic heterocycles. The normalized spacial score (nSPS) is 21.9. The molecule has 4 heteroatoms. The molecule has 0 aliphatic carbocycles. The Morgan fingerprint density at radius 1 is 1.35 bits per heavy atom. The van der Waals surface area contributed by atoms with Crippen LogP contribution in [0.25, 0.3) is 0 Å². The maximum Gasteiger partial charge on any atom is 0.253 e. The monoisotopic (exact) mass is 293 g/mol. The van der Waals surface area contributed by atoms with Gasteiger partial charge >= 0.3 is 0 Å². The lowest BCUT2D eigenvalue weighted by atomic mass is 9.95. The molecule has 1 fully saturated rings. The molecule has 2 aliphatic heterocycles. The number of halogens is 1. The molecule has 2 aliphatic rings. The second-order valence-corrected chi connectivity index (χ2v) is 6.09. The van der Waals surface area contributed by atoms with Gasteiger partial charge in [0.05, 0.1) is 13.2 Å². The van der Waals surface area contributed by atoms with Crippen molar-refractivity contribution >= 4 is 17.5 Å². The van der Waals surface area contributed by atoms with Crippen LogP contribution in [0.3, 0.4) is 0 Å². The smallest absolute Gasteiger partial charge is 0.253 e. The van der Waals surface area contributed by atoms with Crippen LogP contribution in [0.1, 0.15) is 40.7 Å². The highest BCUT2D eigenvalue weighted by Crippen LogP contribution is 2.24. The molecule has 0 radical (unpaired) electrons. The Balaban J connectivity index is 1.72. The number of likely N-dealkylation sites (tertiary alicyclic amines) is 1. The molecule has 1 aromatic carbocycles. The molecule has 0 bridgehead atoms. The first-order valence-corrected chi connectivity index (χ1v) is 7.86. The summed E-state index contributed by atoms with van der Waals surface area (Å²) in [6, 6.07) is 5.95. The third-order valence-electron chi connectivity index (χ3n) is 4.29. The van der Waals surface area contributed by atoms with E-state index in [0.29, 0.717) is 25.0 Å². The van der Waals surface area contributed by atoms with Crippen LogP contribution in [0.5, 0.6) is 0 Å². The molecule has 2 heterocycles. The lowest BCUT2D eigenvalue weighted by Gasteiger charge is -2.32. The molecule has 1 aromatic rings. The zero-order valence-corrected chi connectivity index (χ0v) is 12.4. The van der Waals surface area contributed by atoms with E-state index in [2.05, 4.69) is 0 Å². The van der Waals surface area contributed by atoms with Gasteiger partial charge in [0.2, 0.25) is 0 Å². The molecule has 1 atom stereocenters. The molecule has 20 heavy (non-hydrogen) atoms. The minimum absolute atomic E-state index is 0.152. The summed E-state index contributed by atoms with van der Waals surface area (Å²) < 4.78 is 5.40. The Morgan fingerprint density at radius 3 is 3.05 bits per heavy atom. The van der Waals surface area contributed by atoms with Crippen LogP contribution in [-0.2, 0) is 18.0 Å². The number of ether oxygens (including phenoxy) is 1. The summed E-state index contributed by atoms with van der Waals surface area (Å²) in [5.41, 5.74) is 3.16. The fraction of sp³-hybridized carbons (Fsp3) is 0.562. The second kappa shape index (κ2) is 6.15. The van der Waals surface area contributed by atoms with E-state index in [9.17, 15) is 4.79 Å². The number of nitrogens with zero attached hydrogens (tertiary/aromatic N) is 1. The van der Waals surface area contributed by atoms with E-state index >= 15 is 0 Å². The number of hydrogen-bond acceptors (Lipinski definition) is 2. The number of rotatable bonds is 3. The molecule has 3 rings (SSSR count). The number of carbonyl (C=O) groups is 1. The summed E-state index contributed by atoms with van der Waals surface area (Å²) in [6.45, 7) is 3.01. The van der Waals surface area contributed by atoms with Crippen LogP contribution < -0.4 is 0 Å². The van der Waals surface area contributed by atoms with Crippen LogP contribution in [0.2, 0.25) is 0 Å². The van der Waals surface area contributed by atoms with E-state index in [1.165, 1.54) is 12.0 Å². The standard InChI is InChI=1S/C16H20ClNO2/c17-6-5-12-2-1-7-18(9-12)16(19)13-3-4-14-10-20-11-15(14)8-13/h3-4,8,12H,1-2,5-7,9-11H2. The van der Waals surface area contributed by atoms with Crippen LogP contribution >= 0.6 is 11.6 Å². The molecule has 108 valence electrons. The Hall–Kier alpha value is -1.06. The van der Waals surface area contributed by atoms with Crippen molar-refractivity contribution in [2.45, 2.75) is 32.5 Å². The summed E-state index contributed by atoms with van der Waals surface area (Å²) in [6.07, 6.45) is 3.28. The van der Waals surface area contributed by atoms with E-state index in [0.717, 1.165) is 37.1 Å². The molecule has 0 N–H and O–H groups in total. The van der Waals surface area contributed by atoms with E-state index in [-0.39, 0.29) is 5.91 Å². The van der Waals surface area contributed by atoms with Crippen molar-refractivity contribution in [2.75, 3.05) is 19.0 Å². The third kappa shape index (κ3) is 2.84. The van der Waals surface area contributed by atoms with Crippen molar-refractivity contribution < 1.29 is 9.53 Å². The fourth-order valence-electron chi connectivity index (χ4n) is 3.13. The molecule has 1 unspecified atom stereocenters. The minimum Gasteiger partial charge on any atom is -0.372 e. The fourth-order valence-corrected chi connectivity index (χ4v) is 3.44. The highest BCUT2D eigenvalue weighted by atomic mass is 35.5.